The molecule has 0 aromatic carbocycles. The van der Waals surface area contributed by atoms with Crippen molar-refractivity contribution in [1.29, 1.82) is 0 Å². The Balaban J connectivity index is 2.37. The fourth-order valence-electron chi connectivity index (χ4n) is 1.77. The first kappa shape index (κ1) is 8.23. The first-order chi connectivity index (χ1) is 7.36. The van der Waals surface area contributed by atoms with E-state index in [4.69, 9.17) is 0 Å². The number of rotatable bonds is 1. The van der Waals surface area contributed by atoms with Crippen molar-refractivity contribution in [2.24, 2.45) is 0 Å². The van der Waals surface area contributed by atoms with E-state index in [0.29, 0.717) is 0 Å². The van der Waals surface area contributed by atoms with Gasteiger partial charge in [0, 0.05) is 24.2 Å². The summed E-state index contributed by atoms with van der Waals surface area (Å²) in [5, 5.41) is 6.77. The van der Waals surface area contributed by atoms with Crippen LogP contribution in [0.5, 0.6) is 0 Å². The predicted octanol–water partition coefficient (Wildman–Crippen LogP) is 2.03. The Kier molecular flexibility index (Phi) is 1.62. The molecule has 1 N–H and O–H groups in total. The van der Waals surface area contributed by atoms with Gasteiger partial charge < -0.3 is 0 Å². The summed E-state index contributed by atoms with van der Waals surface area (Å²) in [6, 6.07) is 4.15. The lowest BCUT2D eigenvalue weighted by atomic mass is 10.2. The molecule has 3 heterocycles. The molecule has 4 heteroatoms. The molecule has 0 radical (unpaired) electrons. The summed E-state index contributed by atoms with van der Waals surface area (Å²) < 4.78 is 2.07. The van der Waals surface area contributed by atoms with Crippen molar-refractivity contribution in [2.45, 2.75) is 6.92 Å². The molecule has 0 aliphatic rings. The maximum Gasteiger partial charge on any atom is 0.140 e. The van der Waals surface area contributed by atoms with E-state index in [2.05, 4.69) is 38.6 Å². The van der Waals surface area contributed by atoms with Crippen LogP contribution in [0.2, 0.25) is 0 Å². The Morgan fingerprint density at radius 1 is 1.33 bits per heavy atom. The number of hydrogen-bond acceptors (Lipinski definition) is 2. The smallest absolute Gasteiger partial charge is 0.140 e. The maximum absolute atomic E-state index is 4.32. The molecule has 0 amide bonds. The highest BCUT2D eigenvalue weighted by atomic mass is 15.1. The van der Waals surface area contributed by atoms with Crippen LogP contribution in [0.15, 0.2) is 36.9 Å². The van der Waals surface area contributed by atoms with Gasteiger partial charge in [-0.2, -0.15) is 5.10 Å². The number of imidazole rings is 1. The lowest BCUT2D eigenvalue weighted by Crippen LogP contribution is -1.91. The number of nitrogens with one attached hydrogen (secondary N) is 1. The van der Waals surface area contributed by atoms with Gasteiger partial charge in [-0.15, -0.1) is 0 Å². The van der Waals surface area contributed by atoms with Crippen molar-refractivity contribution < 1.29 is 0 Å². The first-order valence-corrected chi connectivity index (χ1v) is 4.78. The number of aromatic nitrogens is 4. The largest absolute Gasteiger partial charge is 0.299 e. The highest BCUT2D eigenvalue weighted by Gasteiger charge is 2.06. The number of pyridine rings is 1. The van der Waals surface area contributed by atoms with E-state index in [-0.39, 0.29) is 0 Å². The van der Waals surface area contributed by atoms with Gasteiger partial charge in [-0.05, 0) is 18.6 Å². The van der Waals surface area contributed by atoms with Gasteiger partial charge in [0.05, 0.1) is 11.9 Å². The van der Waals surface area contributed by atoms with Gasteiger partial charge in [-0.25, -0.2) is 4.98 Å². The molecule has 0 aliphatic carbocycles. The minimum Gasteiger partial charge on any atom is -0.299 e. The molecule has 4 nitrogen and oxygen atoms in total. The van der Waals surface area contributed by atoms with Crippen LogP contribution >= 0.6 is 0 Å². The van der Waals surface area contributed by atoms with Crippen molar-refractivity contribution in [3.8, 4) is 11.3 Å². The molecule has 0 spiro atoms. The highest BCUT2D eigenvalue weighted by molar-refractivity contribution is 5.64. The van der Waals surface area contributed by atoms with Crippen molar-refractivity contribution in [1.82, 2.24) is 19.6 Å². The van der Waals surface area contributed by atoms with E-state index >= 15 is 0 Å². The Morgan fingerprint density at radius 2 is 2.27 bits per heavy atom. The van der Waals surface area contributed by atoms with Gasteiger partial charge in [0.1, 0.15) is 5.65 Å². The lowest BCUT2D eigenvalue weighted by molar-refractivity contribution is 1.09. The third-order valence-corrected chi connectivity index (χ3v) is 2.54. The van der Waals surface area contributed by atoms with Crippen molar-refractivity contribution in [3.63, 3.8) is 0 Å². The molecule has 0 fully saturated rings. The van der Waals surface area contributed by atoms with Crippen LogP contribution < -0.4 is 0 Å². The number of aryl methyl sites for hydroxylation is 1. The van der Waals surface area contributed by atoms with E-state index in [1.54, 1.807) is 0 Å². The molecule has 74 valence electrons. The van der Waals surface area contributed by atoms with Gasteiger partial charge in [-0.1, -0.05) is 6.07 Å². The first-order valence-electron chi connectivity index (χ1n) is 4.78. The van der Waals surface area contributed by atoms with E-state index < -0.39 is 0 Å². The Labute approximate surface area is 86.6 Å². The summed E-state index contributed by atoms with van der Waals surface area (Å²) in [4.78, 5) is 4.32. The highest BCUT2D eigenvalue weighted by Crippen LogP contribution is 2.20. The molecule has 3 aromatic heterocycles. The zero-order chi connectivity index (χ0) is 10.3. The zero-order valence-corrected chi connectivity index (χ0v) is 8.31. The molecule has 0 bridgehead atoms. The monoisotopic (exact) mass is 198 g/mol. The van der Waals surface area contributed by atoms with E-state index in [1.165, 1.54) is 5.56 Å². The predicted molar refractivity (Wildman–Crippen MR) is 57.5 cm³/mol. The van der Waals surface area contributed by atoms with Gasteiger partial charge in [-0.3, -0.25) is 9.50 Å². The van der Waals surface area contributed by atoms with Crippen LogP contribution in [0.4, 0.5) is 0 Å². The fraction of sp³-hybridized carbons (Fsp3) is 0.0909. The molecule has 15 heavy (non-hydrogen) atoms. The molecule has 0 atom stereocenters. The molecular weight excluding hydrogens is 188 g/mol. The molecular formula is C11H10N4. The fourth-order valence-corrected chi connectivity index (χ4v) is 1.77. The van der Waals surface area contributed by atoms with Crippen LogP contribution in [0, 0.1) is 6.92 Å². The zero-order valence-electron chi connectivity index (χ0n) is 8.31. The SMILES string of the molecule is Cc1ccc(-c2cn[nH]c2)n2ccnc12. The van der Waals surface area contributed by atoms with Crippen LogP contribution in [-0.2, 0) is 0 Å². The lowest BCUT2D eigenvalue weighted by Gasteiger charge is -2.04. The summed E-state index contributed by atoms with van der Waals surface area (Å²) in [6.07, 6.45) is 7.46. The summed E-state index contributed by atoms with van der Waals surface area (Å²) in [5.41, 5.74) is 4.33. The topological polar surface area (TPSA) is 46.0 Å². The average molecular weight is 198 g/mol. The minimum absolute atomic E-state index is 0.994. The van der Waals surface area contributed by atoms with Crippen LogP contribution in [0.3, 0.4) is 0 Å². The number of nitrogens with zero attached hydrogens (tertiary/aromatic N) is 3. The Hall–Kier alpha value is -2.10. The third kappa shape index (κ3) is 1.15. The number of aromatic amines is 1. The van der Waals surface area contributed by atoms with Crippen molar-refractivity contribution in [3.05, 3.63) is 42.5 Å². The molecule has 0 saturated carbocycles. The normalized spacial score (nSPS) is 11.0. The van der Waals surface area contributed by atoms with Crippen LogP contribution in [0.25, 0.3) is 16.9 Å². The molecule has 0 saturated heterocycles. The third-order valence-electron chi connectivity index (χ3n) is 2.54. The number of hydrogen-bond donors (Lipinski definition) is 1. The number of H-pyrrole nitrogens is 1. The summed E-state index contributed by atoms with van der Waals surface area (Å²) in [6.45, 7) is 2.06. The Morgan fingerprint density at radius 3 is 3.07 bits per heavy atom. The summed E-state index contributed by atoms with van der Waals surface area (Å²) in [5.74, 6) is 0. The molecule has 0 aliphatic heterocycles. The van der Waals surface area contributed by atoms with Crippen LogP contribution in [-0.4, -0.2) is 19.6 Å². The molecule has 0 unspecified atom stereocenters. The van der Waals surface area contributed by atoms with Gasteiger partial charge in [0.15, 0.2) is 0 Å². The Bertz CT molecular complexity index is 592. The van der Waals surface area contributed by atoms with E-state index in [0.717, 1.165) is 16.9 Å². The number of fused-ring (bicyclic) bond motifs is 1. The second-order valence-electron chi connectivity index (χ2n) is 3.51. The van der Waals surface area contributed by atoms with Crippen molar-refractivity contribution >= 4 is 5.65 Å². The second kappa shape index (κ2) is 2.95. The molecule has 3 rings (SSSR count). The van der Waals surface area contributed by atoms with E-state index in [1.807, 2.05) is 24.8 Å². The van der Waals surface area contributed by atoms with Crippen molar-refractivity contribution in [2.75, 3.05) is 0 Å². The van der Waals surface area contributed by atoms with E-state index in [9.17, 15) is 0 Å². The maximum atomic E-state index is 4.32. The standard InChI is InChI=1S/C11H10N4/c1-8-2-3-10(9-6-13-14-7-9)15-5-4-12-11(8)15/h2-7H,1H3,(H,13,14). The van der Waals surface area contributed by atoms with Gasteiger partial charge >= 0.3 is 0 Å². The quantitative estimate of drug-likeness (QED) is 0.650. The van der Waals surface area contributed by atoms with Crippen LogP contribution in [0.1, 0.15) is 5.56 Å². The average Bonchev–Trinajstić information content (AvgIpc) is 2.88. The minimum atomic E-state index is 0.994. The summed E-state index contributed by atoms with van der Waals surface area (Å²) >= 11 is 0. The second-order valence-corrected chi connectivity index (χ2v) is 3.51. The van der Waals surface area contributed by atoms with Gasteiger partial charge in [0.2, 0.25) is 0 Å². The summed E-state index contributed by atoms with van der Waals surface area (Å²) in [7, 11) is 0. The van der Waals surface area contributed by atoms with Gasteiger partial charge in [0.25, 0.3) is 0 Å². The molecule has 3 aromatic rings.